The number of ether oxygens (including phenoxy) is 1. The van der Waals surface area contributed by atoms with E-state index in [0.29, 0.717) is 0 Å². The van der Waals surface area contributed by atoms with Crippen LogP contribution >= 0.6 is 23.1 Å². The fraction of sp³-hybridized carbons (Fsp3) is 0.438. The minimum atomic E-state index is -1.61. The van der Waals surface area contributed by atoms with Crippen LogP contribution in [0.2, 0.25) is 0 Å². The summed E-state index contributed by atoms with van der Waals surface area (Å²) in [6.45, 7) is 1.45. The third kappa shape index (κ3) is 2.92. The van der Waals surface area contributed by atoms with E-state index in [2.05, 4.69) is 5.32 Å². The van der Waals surface area contributed by atoms with Gasteiger partial charge in [-0.3, -0.25) is 14.5 Å². The minimum absolute atomic E-state index is 0.105. The number of β-lactam (4-membered cyclic amide) rings is 1. The van der Waals surface area contributed by atoms with Gasteiger partial charge in [0.1, 0.15) is 11.1 Å². The predicted molar refractivity (Wildman–Crippen MR) is 95.3 cm³/mol. The van der Waals surface area contributed by atoms with Crippen molar-refractivity contribution in [1.29, 1.82) is 0 Å². The van der Waals surface area contributed by atoms with Crippen molar-refractivity contribution in [2.75, 3.05) is 12.9 Å². The number of aliphatic carboxylic acids is 1. The summed E-state index contributed by atoms with van der Waals surface area (Å²) in [7, 11) is 1.30. The standard InChI is InChI=1S/C16H18N2O6S2/c1-8(19)10-7-26-15-16(24-2,14(23)18(15)12(10)13(21)22)17-11(20)6-9-4-3-5-25-9/h3-5,8,15,19H,6-7H2,1-2H3,(H,17,20)(H,21,22)/t8?,15-,16+/m1/s1. The average molecular weight is 398 g/mol. The number of aliphatic hydroxyl groups excluding tert-OH is 1. The van der Waals surface area contributed by atoms with Gasteiger partial charge in [0, 0.05) is 17.7 Å². The van der Waals surface area contributed by atoms with Gasteiger partial charge in [-0.25, -0.2) is 4.79 Å². The van der Waals surface area contributed by atoms with E-state index < -0.39 is 29.1 Å². The molecule has 0 saturated carbocycles. The zero-order chi connectivity index (χ0) is 19.1. The van der Waals surface area contributed by atoms with Gasteiger partial charge in [-0.05, 0) is 23.9 Å². The molecule has 0 aromatic carbocycles. The molecule has 2 aliphatic heterocycles. The van der Waals surface area contributed by atoms with Crippen LogP contribution in [0.1, 0.15) is 11.8 Å². The number of thiophene rings is 1. The SMILES string of the molecule is CO[C@@]1(NC(=O)Cc2cccs2)C(=O)N2C(C(=O)O)=C(C(C)O)CS[C@@H]21. The number of carboxylic acids is 1. The predicted octanol–water partition coefficient (Wildman–Crippen LogP) is 0.384. The number of amides is 2. The number of carboxylic acid groups (broad SMARTS) is 1. The highest BCUT2D eigenvalue weighted by Gasteiger charge is 2.66. The first-order valence-corrected chi connectivity index (χ1v) is 9.73. The maximum atomic E-state index is 12.8. The largest absolute Gasteiger partial charge is 0.477 e. The second-order valence-electron chi connectivity index (χ2n) is 5.94. The summed E-state index contributed by atoms with van der Waals surface area (Å²) in [6.07, 6.45) is -0.887. The van der Waals surface area contributed by atoms with Gasteiger partial charge in [0.05, 0.1) is 12.5 Å². The van der Waals surface area contributed by atoms with Gasteiger partial charge in [-0.15, -0.1) is 23.1 Å². The summed E-state index contributed by atoms with van der Waals surface area (Å²) in [4.78, 5) is 38.7. The summed E-state index contributed by atoms with van der Waals surface area (Å²) in [5, 5.41) is 23.1. The molecule has 1 saturated heterocycles. The molecule has 3 rings (SSSR count). The van der Waals surface area contributed by atoms with Crippen molar-refractivity contribution in [1.82, 2.24) is 10.2 Å². The van der Waals surface area contributed by atoms with Crippen LogP contribution in [-0.4, -0.2) is 63.0 Å². The number of hydrogen-bond acceptors (Lipinski definition) is 7. The second-order valence-corrected chi connectivity index (χ2v) is 8.04. The van der Waals surface area contributed by atoms with Crippen LogP contribution < -0.4 is 5.32 Å². The molecule has 26 heavy (non-hydrogen) atoms. The van der Waals surface area contributed by atoms with Gasteiger partial charge >= 0.3 is 5.97 Å². The number of aliphatic hydroxyl groups is 1. The Balaban J connectivity index is 1.85. The number of carbonyl (C=O) groups excluding carboxylic acids is 2. The Morgan fingerprint density at radius 3 is 2.81 bits per heavy atom. The molecule has 140 valence electrons. The summed E-state index contributed by atoms with van der Waals surface area (Å²) < 4.78 is 5.35. The summed E-state index contributed by atoms with van der Waals surface area (Å²) in [6, 6.07) is 3.64. The molecule has 0 spiro atoms. The van der Waals surface area contributed by atoms with E-state index in [1.807, 2.05) is 17.5 Å². The van der Waals surface area contributed by atoms with Crippen molar-refractivity contribution < 1.29 is 29.3 Å². The maximum absolute atomic E-state index is 12.8. The van der Waals surface area contributed by atoms with E-state index in [1.165, 1.54) is 37.1 Å². The summed E-state index contributed by atoms with van der Waals surface area (Å²) in [5.74, 6) is -2.12. The molecular weight excluding hydrogens is 380 g/mol. The van der Waals surface area contributed by atoms with E-state index in [4.69, 9.17) is 4.74 Å². The number of fused-ring (bicyclic) bond motifs is 1. The van der Waals surface area contributed by atoms with Crippen LogP contribution in [0, 0.1) is 0 Å². The molecule has 1 fully saturated rings. The first kappa shape index (κ1) is 18.9. The number of thioether (sulfide) groups is 1. The minimum Gasteiger partial charge on any atom is -0.477 e. The molecule has 0 aliphatic carbocycles. The Hall–Kier alpha value is -1.88. The Morgan fingerprint density at radius 2 is 2.27 bits per heavy atom. The molecule has 0 radical (unpaired) electrons. The lowest BCUT2D eigenvalue weighted by molar-refractivity contribution is -0.192. The monoisotopic (exact) mass is 398 g/mol. The first-order valence-electron chi connectivity index (χ1n) is 7.80. The lowest BCUT2D eigenvalue weighted by atomic mass is 9.96. The van der Waals surface area contributed by atoms with Crippen molar-refractivity contribution in [2.24, 2.45) is 0 Å². The number of nitrogens with zero attached hydrogens (tertiary/aromatic N) is 1. The highest BCUT2D eigenvalue weighted by Crippen LogP contribution is 2.47. The normalized spacial score (nSPS) is 26.2. The van der Waals surface area contributed by atoms with Gasteiger partial charge in [0.25, 0.3) is 11.6 Å². The molecule has 3 heterocycles. The molecule has 3 N–H and O–H groups in total. The molecule has 1 aromatic heterocycles. The second kappa shape index (κ2) is 7.03. The van der Waals surface area contributed by atoms with Crippen LogP contribution in [0.4, 0.5) is 0 Å². The van der Waals surface area contributed by atoms with Crippen LogP contribution in [0.5, 0.6) is 0 Å². The van der Waals surface area contributed by atoms with Crippen molar-refractivity contribution in [3.63, 3.8) is 0 Å². The molecular formula is C16H18N2O6S2. The van der Waals surface area contributed by atoms with E-state index in [9.17, 15) is 24.6 Å². The summed E-state index contributed by atoms with van der Waals surface area (Å²) in [5.41, 5.74) is -1.58. The number of rotatable bonds is 6. The fourth-order valence-corrected chi connectivity index (χ4v) is 5.30. The smallest absolute Gasteiger partial charge is 0.352 e. The topological polar surface area (TPSA) is 116 Å². The Bertz CT molecular complexity index is 776. The molecule has 1 aromatic rings. The number of methoxy groups -OCH3 is 1. The van der Waals surface area contributed by atoms with Gasteiger partial charge in [0.15, 0.2) is 0 Å². The lowest BCUT2D eigenvalue weighted by Crippen LogP contribution is -2.80. The van der Waals surface area contributed by atoms with Crippen molar-refractivity contribution >= 4 is 40.9 Å². The van der Waals surface area contributed by atoms with E-state index >= 15 is 0 Å². The van der Waals surface area contributed by atoms with Crippen molar-refractivity contribution in [3.05, 3.63) is 33.7 Å². The van der Waals surface area contributed by atoms with Crippen LogP contribution in [0.3, 0.4) is 0 Å². The van der Waals surface area contributed by atoms with Gasteiger partial charge < -0.3 is 20.3 Å². The van der Waals surface area contributed by atoms with Gasteiger partial charge in [-0.1, -0.05) is 6.07 Å². The van der Waals surface area contributed by atoms with E-state index in [0.717, 1.165) is 9.78 Å². The number of carbonyl (C=O) groups is 3. The van der Waals surface area contributed by atoms with Crippen molar-refractivity contribution in [2.45, 2.75) is 30.5 Å². The van der Waals surface area contributed by atoms with E-state index in [1.54, 1.807) is 0 Å². The zero-order valence-corrected chi connectivity index (χ0v) is 15.7. The molecule has 0 bridgehead atoms. The highest BCUT2D eigenvalue weighted by atomic mass is 32.2. The molecule has 8 nitrogen and oxygen atoms in total. The first-order chi connectivity index (χ1) is 12.3. The molecule has 1 unspecified atom stereocenters. The molecule has 2 amide bonds. The average Bonchev–Trinajstić information content (AvgIpc) is 3.10. The van der Waals surface area contributed by atoms with Crippen LogP contribution in [0.15, 0.2) is 28.8 Å². The van der Waals surface area contributed by atoms with Gasteiger partial charge in [0.2, 0.25) is 5.91 Å². The lowest BCUT2D eigenvalue weighted by Gasteiger charge is -2.56. The Labute approximate surface area is 157 Å². The Morgan fingerprint density at radius 1 is 1.54 bits per heavy atom. The van der Waals surface area contributed by atoms with E-state index in [-0.39, 0.29) is 29.4 Å². The molecule has 2 aliphatic rings. The third-order valence-electron chi connectivity index (χ3n) is 4.33. The summed E-state index contributed by atoms with van der Waals surface area (Å²) >= 11 is 2.67. The zero-order valence-electron chi connectivity index (χ0n) is 14.1. The van der Waals surface area contributed by atoms with Crippen LogP contribution in [-0.2, 0) is 25.5 Å². The van der Waals surface area contributed by atoms with Crippen molar-refractivity contribution in [3.8, 4) is 0 Å². The number of hydrogen-bond donors (Lipinski definition) is 3. The molecule has 3 atom stereocenters. The van der Waals surface area contributed by atoms with Gasteiger partial charge in [-0.2, -0.15) is 0 Å². The quantitative estimate of drug-likeness (QED) is 0.469. The molecule has 10 heteroatoms. The Kier molecular flexibility index (Phi) is 5.11. The highest BCUT2D eigenvalue weighted by molar-refractivity contribution is 8.00. The maximum Gasteiger partial charge on any atom is 0.352 e. The van der Waals surface area contributed by atoms with Crippen LogP contribution in [0.25, 0.3) is 0 Å². The third-order valence-corrected chi connectivity index (χ3v) is 6.54. The number of nitrogens with one attached hydrogen (secondary N) is 1. The fourth-order valence-electron chi connectivity index (χ4n) is 3.05.